The van der Waals surface area contributed by atoms with Crippen LogP contribution in [-0.4, -0.2) is 36.4 Å². The van der Waals surface area contributed by atoms with E-state index in [1.807, 2.05) is 54.5 Å². The first-order chi connectivity index (χ1) is 14.7. The van der Waals surface area contributed by atoms with Gasteiger partial charge in [0.25, 0.3) is 0 Å². The number of hydrogen-bond donors (Lipinski definition) is 2. The number of aryl methyl sites for hydroxylation is 1. The van der Waals surface area contributed by atoms with Crippen molar-refractivity contribution in [3.8, 4) is 22.6 Å². The van der Waals surface area contributed by atoms with Crippen molar-refractivity contribution < 1.29 is 5.11 Å². The molecule has 0 radical (unpaired) electrons. The summed E-state index contributed by atoms with van der Waals surface area (Å²) in [5.74, 6) is 0.758. The molecular formula is C24H21N5O. The molecule has 6 heteroatoms. The number of aliphatic hydroxyl groups excluding tert-OH is 1. The van der Waals surface area contributed by atoms with E-state index in [4.69, 9.17) is 15.2 Å². The maximum Gasteiger partial charge on any atom is 0.159 e. The smallest absolute Gasteiger partial charge is 0.159 e. The van der Waals surface area contributed by atoms with Crippen LogP contribution in [0, 0.1) is 6.92 Å². The molecular weight excluding hydrogens is 374 g/mol. The second-order valence-corrected chi connectivity index (χ2v) is 7.29. The number of aromatic nitrogens is 5. The fourth-order valence-electron chi connectivity index (χ4n) is 3.85. The first-order valence-corrected chi connectivity index (χ1v) is 9.80. The molecule has 2 aromatic carbocycles. The number of para-hydroxylation sites is 2. The van der Waals surface area contributed by atoms with E-state index in [-0.39, 0.29) is 6.61 Å². The minimum Gasteiger partial charge on any atom is -0.392 e. The van der Waals surface area contributed by atoms with Crippen LogP contribution in [0.15, 0.2) is 60.9 Å². The van der Waals surface area contributed by atoms with Crippen LogP contribution in [0.2, 0.25) is 0 Å². The van der Waals surface area contributed by atoms with Gasteiger partial charge in [-0.05, 0) is 47.9 Å². The number of hydrogen-bond acceptors (Lipinski definition) is 4. The zero-order valence-corrected chi connectivity index (χ0v) is 16.8. The molecule has 0 aliphatic carbocycles. The summed E-state index contributed by atoms with van der Waals surface area (Å²) in [4.78, 5) is 12.5. The topological polar surface area (TPSA) is 79.6 Å². The molecule has 0 saturated carbocycles. The summed E-state index contributed by atoms with van der Waals surface area (Å²) < 4.78 is 1.88. The minimum atomic E-state index is 0.00612. The van der Waals surface area contributed by atoms with Gasteiger partial charge in [-0.15, -0.1) is 0 Å². The van der Waals surface area contributed by atoms with Crippen LogP contribution in [-0.2, 0) is 7.05 Å². The Morgan fingerprint density at radius 2 is 2.00 bits per heavy atom. The molecule has 5 aromatic rings. The molecule has 0 atom stereocenters. The van der Waals surface area contributed by atoms with Gasteiger partial charge in [0.15, 0.2) is 5.82 Å². The van der Waals surface area contributed by atoms with Crippen LogP contribution >= 0.6 is 0 Å². The summed E-state index contributed by atoms with van der Waals surface area (Å²) in [7, 11) is 1.95. The first-order valence-electron chi connectivity index (χ1n) is 9.80. The summed E-state index contributed by atoms with van der Waals surface area (Å²) in [6.07, 6.45) is 7.31. The summed E-state index contributed by atoms with van der Waals surface area (Å²) in [5, 5.41) is 14.9. The highest BCUT2D eigenvalue weighted by Crippen LogP contribution is 2.33. The number of imidazole rings is 1. The number of H-pyrrole nitrogens is 1. The van der Waals surface area contributed by atoms with Crippen LogP contribution < -0.4 is 0 Å². The van der Waals surface area contributed by atoms with Crippen molar-refractivity contribution in [2.75, 3.05) is 6.61 Å². The number of nitrogens with zero attached hydrogens (tertiary/aromatic N) is 4. The fourth-order valence-corrected chi connectivity index (χ4v) is 3.85. The molecule has 30 heavy (non-hydrogen) atoms. The highest BCUT2D eigenvalue weighted by molar-refractivity contribution is 5.96. The number of rotatable bonds is 4. The van der Waals surface area contributed by atoms with Crippen molar-refractivity contribution in [3.05, 3.63) is 72.1 Å². The molecule has 0 bridgehead atoms. The number of pyridine rings is 1. The Morgan fingerprint density at radius 1 is 1.13 bits per heavy atom. The van der Waals surface area contributed by atoms with Crippen molar-refractivity contribution in [1.29, 1.82) is 0 Å². The van der Waals surface area contributed by atoms with Crippen molar-refractivity contribution >= 4 is 28.0 Å². The average Bonchev–Trinajstić information content (AvgIpc) is 3.34. The van der Waals surface area contributed by atoms with Crippen LogP contribution in [0.1, 0.15) is 11.1 Å². The Balaban J connectivity index is 1.68. The van der Waals surface area contributed by atoms with Crippen molar-refractivity contribution in [2.24, 2.45) is 7.05 Å². The molecule has 0 spiro atoms. The van der Waals surface area contributed by atoms with Gasteiger partial charge in [-0.2, -0.15) is 5.10 Å². The normalized spacial score (nSPS) is 11.8. The summed E-state index contributed by atoms with van der Waals surface area (Å²) in [5.41, 5.74) is 8.00. The largest absolute Gasteiger partial charge is 0.392 e. The summed E-state index contributed by atoms with van der Waals surface area (Å²) in [6, 6.07) is 14.3. The zero-order valence-electron chi connectivity index (χ0n) is 16.8. The van der Waals surface area contributed by atoms with E-state index in [1.165, 1.54) is 0 Å². The summed E-state index contributed by atoms with van der Waals surface area (Å²) in [6.45, 7) is 2.08. The molecule has 0 amide bonds. The average molecular weight is 395 g/mol. The Bertz CT molecular complexity index is 1380. The van der Waals surface area contributed by atoms with E-state index in [9.17, 15) is 0 Å². The van der Waals surface area contributed by atoms with Gasteiger partial charge in [-0.1, -0.05) is 30.4 Å². The molecule has 0 saturated heterocycles. The highest BCUT2D eigenvalue weighted by Gasteiger charge is 2.16. The van der Waals surface area contributed by atoms with Gasteiger partial charge in [0.05, 0.1) is 23.2 Å². The first kappa shape index (κ1) is 18.3. The van der Waals surface area contributed by atoms with E-state index < -0.39 is 0 Å². The second kappa shape index (κ2) is 7.24. The minimum absolute atomic E-state index is 0.00612. The zero-order chi connectivity index (χ0) is 20.7. The van der Waals surface area contributed by atoms with Gasteiger partial charge in [0.2, 0.25) is 0 Å². The lowest BCUT2D eigenvalue weighted by Crippen LogP contribution is -1.91. The lowest BCUT2D eigenvalue weighted by molar-refractivity contribution is 0.343. The van der Waals surface area contributed by atoms with E-state index in [0.29, 0.717) is 0 Å². The van der Waals surface area contributed by atoms with Gasteiger partial charge >= 0.3 is 0 Å². The number of benzene rings is 2. The molecule has 0 aliphatic rings. The number of aliphatic hydroxyl groups is 1. The molecule has 0 unspecified atom stereocenters. The van der Waals surface area contributed by atoms with E-state index in [1.54, 1.807) is 6.08 Å². The molecule has 0 aliphatic heterocycles. The third kappa shape index (κ3) is 2.98. The lowest BCUT2D eigenvalue weighted by Gasteiger charge is -2.09. The molecule has 6 nitrogen and oxygen atoms in total. The Kier molecular flexibility index (Phi) is 4.41. The number of fused-ring (bicyclic) bond motifs is 2. The second-order valence-electron chi connectivity index (χ2n) is 7.29. The van der Waals surface area contributed by atoms with Gasteiger partial charge in [-0.25, -0.2) is 4.98 Å². The fraction of sp³-hybridized carbons (Fsp3) is 0.125. The van der Waals surface area contributed by atoms with Crippen molar-refractivity contribution in [1.82, 2.24) is 24.7 Å². The van der Waals surface area contributed by atoms with Gasteiger partial charge in [0, 0.05) is 30.4 Å². The lowest BCUT2D eigenvalue weighted by atomic mass is 9.97. The summed E-state index contributed by atoms with van der Waals surface area (Å²) >= 11 is 0. The monoisotopic (exact) mass is 395 g/mol. The van der Waals surface area contributed by atoms with Gasteiger partial charge < -0.3 is 10.1 Å². The van der Waals surface area contributed by atoms with E-state index >= 15 is 0 Å². The predicted octanol–water partition coefficient (Wildman–Crippen LogP) is 4.49. The number of nitrogens with one attached hydrogen (secondary N) is 1. The van der Waals surface area contributed by atoms with E-state index in [0.717, 1.165) is 55.7 Å². The van der Waals surface area contributed by atoms with Crippen LogP contribution in [0.25, 0.3) is 50.7 Å². The maximum atomic E-state index is 9.09. The van der Waals surface area contributed by atoms with E-state index in [2.05, 4.69) is 35.1 Å². The number of aromatic amines is 1. The molecule has 3 heterocycles. The Labute approximate surface area is 173 Å². The predicted molar refractivity (Wildman–Crippen MR) is 120 cm³/mol. The SMILES string of the molecule is Cc1c(/C=C/CO)cncc1-c1ccc2c(c1)c(-c1nc3ccccc3[nH]1)nn2C. The van der Waals surface area contributed by atoms with Crippen LogP contribution in [0.3, 0.4) is 0 Å². The van der Waals surface area contributed by atoms with Crippen molar-refractivity contribution in [3.63, 3.8) is 0 Å². The molecule has 5 rings (SSSR count). The Morgan fingerprint density at radius 3 is 2.83 bits per heavy atom. The maximum absolute atomic E-state index is 9.09. The quantitative estimate of drug-likeness (QED) is 0.470. The molecule has 148 valence electrons. The Hall–Kier alpha value is -3.77. The standard InChI is InChI=1S/C24H21N5O/c1-15-17(6-5-11-30)13-25-14-19(15)16-9-10-22-18(12-16)23(28-29(22)2)24-26-20-7-3-4-8-21(20)27-24/h3-10,12-14,30H,11H2,1-2H3,(H,26,27)/b6-5+. The third-order valence-electron chi connectivity index (χ3n) is 5.43. The molecule has 0 fully saturated rings. The third-order valence-corrected chi connectivity index (χ3v) is 5.43. The molecule has 2 N–H and O–H groups in total. The highest BCUT2D eigenvalue weighted by atomic mass is 16.2. The van der Waals surface area contributed by atoms with Gasteiger partial charge in [0.1, 0.15) is 5.69 Å². The van der Waals surface area contributed by atoms with Crippen LogP contribution in [0.4, 0.5) is 0 Å². The van der Waals surface area contributed by atoms with Crippen LogP contribution in [0.5, 0.6) is 0 Å². The van der Waals surface area contributed by atoms with Crippen molar-refractivity contribution in [2.45, 2.75) is 6.92 Å². The van der Waals surface area contributed by atoms with Gasteiger partial charge in [-0.3, -0.25) is 9.67 Å². The molecule has 3 aromatic heterocycles.